The third-order valence-electron chi connectivity index (χ3n) is 6.16. The molecule has 0 bridgehead atoms. The van der Waals surface area contributed by atoms with Crippen LogP contribution in [0, 0.1) is 5.92 Å². The molecule has 2 aromatic carbocycles. The van der Waals surface area contributed by atoms with E-state index < -0.39 is 11.1 Å². The van der Waals surface area contributed by atoms with Gasteiger partial charge in [-0.25, -0.2) is 0 Å². The van der Waals surface area contributed by atoms with Gasteiger partial charge in [0.05, 0.1) is 16.0 Å². The molecule has 0 unspecified atom stereocenters. The summed E-state index contributed by atoms with van der Waals surface area (Å²) in [6.45, 7) is 5.97. The fraction of sp³-hybridized carbons (Fsp3) is 0.370. The maximum atomic E-state index is 13.0. The van der Waals surface area contributed by atoms with Gasteiger partial charge in [0.25, 0.3) is 11.1 Å². The van der Waals surface area contributed by atoms with Gasteiger partial charge in [-0.1, -0.05) is 37.3 Å². The van der Waals surface area contributed by atoms with Crippen LogP contribution in [0.5, 0.6) is 11.5 Å². The second-order valence-electron chi connectivity index (χ2n) is 8.87. The fourth-order valence-electron chi connectivity index (χ4n) is 4.08. The molecule has 4 rings (SSSR count). The maximum Gasteiger partial charge on any atom is 0.294 e. The van der Waals surface area contributed by atoms with E-state index in [4.69, 9.17) is 9.47 Å². The molecule has 2 saturated heterocycles. The molecule has 2 heterocycles. The van der Waals surface area contributed by atoms with Gasteiger partial charge in [0.1, 0.15) is 13.2 Å². The quantitative estimate of drug-likeness (QED) is 0.376. The Morgan fingerprint density at radius 2 is 1.86 bits per heavy atom. The fourth-order valence-corrected chi connectivity index (χ4v) is 5.50. The zero-order valence-corrected chi connectivity index (χ0v) is 22.8. The van der Waals surface area contributed by atoms with Crippen molar-refractivity contribution in [1.29, 1.82) is 0 Å². The highest BCUT2D eigenvalue weighted by molar-refractivity contribution is 9.10. The zero-order valence-electron chi connectivity index (χ0n) is 20.4. The van der Waals surface area contributed by atoms with Crippen molar-refractivity contribution >= 4 is 50.8 Å². The summed E-state index contributed by atoms with van der Waals surface area (Å²) < 4.78 is 12.5. The molecule has 3 amide bonds. The lowest BCUT2D eigenvalue weighted by molar-refractivity contribution is -0.136. The van der Waals surface area contributed by atoms with Gasteiger partial charge in [-0.15, -0.1) is 0 Å². The van der Waals surface area contributed by atoms with Crippen LogP contribution in [0.1, 0.15) is 37.8 Å². The second kappa shape index (κ2) is 12.0. The Morgan fingerprint density at radius 1 is 1.14 bits per heavy atom. The molecule has 2 fully saturated rings. The van der Waals surface area contributed by atoms with Crippen LogP contribution in [0.15, 0.2) is 51.8 Å². The lowest BCUT2D eigenvalue weighted by atomic mass is 9.99. The Hall–Kier alpha value is -2.78. The minimum Gasteiger partial charge on any atom is -0.490 e. The number of nitrogens with zero attached hydrogens (tertiary/aromatic N) is 2. The summed E-state index contributed by atoms with van der Waals surface area (Å²) in [5.74, 6) is 1.04. The van der Waals surface area contributed by atoms with Crippen LogP contribution >= 0.6 is 27.7 Å². The smallest absolute Gasteiger partial charge is 0.294 e. The number of halogens is 1. The summed E-state index contributed by atoms with van der Waals surface area (Å²) in [7, 11) is 0. The van der Waals surface area contributed by atoms with Crippen LogP contribution in [-0.2, 0) is 16.2 Å². The summed E-state index contributed by atoms with van der Waals surface area (Å²) in [6.07, 6.45) is 3.53. The highest BCUT2D eigenvalue weighted by Gasteiger charge is 2.37. The van der Waals surface area contributed by atoms with Crippen molar-refractivity contribution in [2.75, 3.05) is 26.2 Å². The number of rotatable bonds is 8. The topological polar surface area (TPSA) is 76.2 Å². The Balaban J connectivity index is 1.48. The van der Waals surface area contributed by atoms with E-state index in [0.29, 0.717) is 53.8 Å². The third-order valence-corrected chi connectivity index (χ3v) is 7.66. The van der Waals surface area contributed by atoms with E-state index in [1.54, 1.807) is 17.0 Å². The predicted molar refractivity (Wildman–Crippen MR) is 144 cm³/mol. The van der Waals surface area contributed by atoms with Gasteiger partial charge in [-0.3, -0.25) is 19.3 Å². The van der Waals surface area contributed by atoms with Crippen molar-refractivity contribution < 1.29 is 23.9 Å². The molecule has 2 aromatic rings. The number of piperidine rings is 1. The van der Waals surface area contributed by atoms with Crippen molar-refractivity contribution in [1.82, 2.24) is 9.80 Å². The summed E-state index contributed by atoms with van der Waals surface area (Å²) in [4.78, 5) is 41.3. The SMILES string of the molecule is CCOc1cc(/C=C2/SC(=O)N(CC(=O)N3CCC(C)CC3)C2=O)cc(Br)c1OCc1ccccc1. The number of amides is 3. The number of carbonyl (C=O) groups is 3. The van der Waals surface area contributed by atoms with Crippen molar-refractivity contribution in [2.45, 2.75) is 33.3 Å². The van der Waals surface area contributed by atoms with Crippen molar-refractivity contribution in [2.24, 2.45) is 5.92 Å². The van der Waals surface area contributed by atoms with Gasteiger partial charge >= 0.3 is 0 Å². The molecule has 36 heavy (non-hydrogen) atoms. The number of hydrogen-bond donors (Lipinski definition) is 0. The summed E-state index contributed by atoms with van der Waals surface area (Å²) >= 11 is 4.40. The minimum atomic E-state index is -0.456. The van der Waals surface area contributed by atoms with Gasteiger partial charge in [0.15, 0.2) is 11.5 Å². The largest absolute Gasteiger partial charge is 0.490 e. The normalized spacial score (nSPS) is 17.7. The van der Waals surface area contributed by atoms with Gasteiger partial charge in [-0.05, 0) is 82.7 Å². The first-order valence-electron chi connectivity index (χ1n) is 12.0. The molecule has 0 aromatic heterocycles. The number of ether oxygens (including phenoxy) is 2. The van der Waals surface area contributed by atoms with E-state index in [0.717, 1.165) is 35.1 Å². The molecule has 0 aliphatic carbocycles. The molecule has 0 spiro atoms. The van der Waals surface area contributed by atoms with Crippen LogP contribution in [-0.4, -0.2) is 53.1 Å². The molecule has 0 radical (unpaired) electrons. The van der Waals surface area contributed by atoms with Gasteiger partial charge in [0.2, 0.25) is 5.91 Å². The van der Waals surface area contributed by atoms with E-state index in [1.165, 1.54) is 0 Å². The summed E-state index contributed by atoms with van der Waals surface area (Å²) in [6, 6.07) is 13.4. The van der Waals surface area contributed by atoms with Gasteiger partial charge in [0, 0.05) is 13.1 Å². The molecular formula is C27H29BrN2O5S. The van der Waals surface area contributed by atoms with Crippen LogP contribution in [0.25, 0.3) is 6.08 Å². The lowest BCUT2D eigenvalue weighted by Gasteiger charge is -2.31. The van der Waals surface area contributed by atoms with Crippen LogP contribution < -0.4 is 9.47 Å². The predicted octanol–water partition coefficient (Wildman–Crippen LogP) is 5.72. The Kier molecular flexibility index (Phi) is 8.74. The van der Waals surface area contributed by atoms with Crippen LogP contribution in [0.3, 0.4) is 0 Å². The van der Waals surface area contributed by atoms with E-state index >= 15 is 0 Å². The molecule has 2 aliphatic heterocycles. The van der Waals surface area contributed by atoms with Gasteiger partial charge < -0.3 is 14.4 Å². The Bertz CT molecular complexity index is 1160. The monoisotopic (exact) mass is 572 g/mol. The standard InChI is InChI=1S/C27H29BrN2O5S/c1-3-34-22-14-20(13-21(28)25(22)35-17-19-7-5-4-6-8-19)15-23-26(32)30(27(33)36-23)16-24(31)29-11-9-18(2)10-12-29/h4-8,13-15,18H,3,9-12,16-17H2,1-2H3/b23-15+. The van der Waals surface area contributed by atoms with E-state index in [-0.39, 0.29) is 17.4 Å². The van der Waals surface area contributed by atoms with Crippen molar-refractivity contribution in [3.05, 3.63) is 63.0 Å². The number of likely N-dealkylation sites (tertiary alicyclic amines) is 1. The number of thioether (sulfide) groups is 1. The average molecular weight is 574 g/mol. The molecule has 190 valence electrons. The van der Waals surface area contributed by atoms with Crippen LogP contribution in [0.4, 0.5) is 4.79 Å². The first kappa shape index (κ1) is 26.3. The summed E-state index contributed by atoms with van der Waals surface area (Å²) in [5.41, 5.74) is 1.71. The summed E-state index contributed by atoms with van der Waals surface area (Å²) in [5, 5.41) is -0.433. The minimum absolute atomic E-state index is 0.188. The highest BCUT2D eigenvalue weighted by Crippen LogP contribution is 2.39. The second-order valence-corrected chi connectivity index (χ2v) is 10.7. The van der Waals surface area contributed by atoms with Gasteiger partial charge in [-0.2, -0.15) is 0 Å². The molecule has 7 nitrogen and oxygen atoms in total. The molecular weight excluding hydrogens is 544 g/mol. The Labute approximate surface area is 223 Å². The average Bonchev–Trinajstić information content (AvgIpc) is 3.12. The first-order chi connectivity index (χ1) is 17.4. The van der Waals surface area contributed by atoms with Crippen LogP contribution in [0.2, 0.25) is 0 Å². The number of hydrogen-bond acceptors (Lipinski definition) is 6. The third kappa shape index (κ3) is 6.31. The zero-order chi connectivity index (χ0) is 25.7. The van der Waals surface area contributed by atoms with E-state index in [2.05, 4.69) is 22.9 Å². The highest BCUT2D eigenvalue weighted by atomic mass is 79.9. The number of benzene rings is 2. The molecule has 0 atom stereocenters. The lowest BCUT2D eigenvalue weighted by Crippen LogP contribution is -2.45. The molecule has 0 N–H and O–H groups in total. The molecule has 0 saturated carbocycles. The Morgan fingerprint density at radius 3 is 2.56 bits per heavy atom. The first-order valence-corrected chi connectivity index (χ1v) is 13.6. The maximum absolute atomic E-state index is 13.0. The van der Waals surface area contributed by atoms with Crippen molar-refractivity contribution in [3.63, 3.8) is 0 Å². The van der Waals surface area contributed by atoms with E-state index in [1.807, 2.05) is 43.3 Å². The number of carbonyl (C=O) groups excluding carboxylic acids is 3. The van der Waals surface area contributed by atoms with Crippen molar-refractivity contribution in [3.8, 4) is 11.5 Å². The molecule has 2 aliphatic rings. The number of imide groups is 1. The van der Waals surface area contributed by atoms with E-state index in [9.17, 15) is 14.4 Å². The molecule has 9 heteroatoms.